The molecule has 0 aliphatic carbocycles. The Kier molecular flexibility index (Phi) is 3.99. The number of benzene rings is 2. The number of hydrogen-bond donors (Lipinski definition) is 2. The highest BCUT2D eigenvalue weighted by Gasteiger charge is 2.38. The molecule has 0 fully saturated rings. The Morgan fingerprint density at radius 1 is 1.14 bits per heavy atom. The molecule has 112 valence electrons. The van der Waals surface area contributed by atoms with Crippen molar-refractivity contribution in [1.82, 2.24) is 0 Å². The Morgan fingerprint density at radius 3 is 2.24 bits per heavy atom. The second-order valence-electron chi connectivity index (χ2n) is 4.53. The van der Waals surface area contributed by atoms with Crippen LogP contribution in [0.1, 0.15) is 11.1 Å². The van der Waals surface area contributed by atoms with Gasteiger partial charge in [0.15, 0.2) is 0 Å². The molecule has 2 aromatic rings. The summed E-state index contributed by atoms with van der Waals surface area (Å²) in [5.41, 5.74) is 6.04. The summed E-state index contributed by atoms with van der Waals surface area (Å²) >= 11 is 0. The molecule has 0 aliphatic heterocycles. The Labute approximate surface area is 121 Å². The molecule has 0 spiro atoms. The van der Waals surface area contributed by atoms with E-state index in [4.69, 9.17) is 9.92 Å². The summed E-state index contributed by atoms with van der Waals surface area (Å²) < 4.78 is 40.8. The van der Waals surface area contributed by atoms with Gasteiger partial charge in [0.2, 0.25) is 5.79 Å². The molecular weight excluding hydrogens is 297 g/mol. The van der Waals surface area contributed by atoms with Crippen LogP contribution in [-0.4, -0.2) is 19.8 Å². The fourth-order valence-electron chi connectivity index (χ4n) is 1.95. The van der Waals surface area contributed by atoms with Crippen LogP contribution >= 0.6 is 0 Å². The molecule has 0 amide bonds. The van der Waals surface area contributed by atoms with Gasteiger partial charge in [0.05, 0.1) is 6.26 Å². The van der Waals surface area contributed by atoms with Crippen molar-refractivity contribution < 1.29 is 22.1 Å². The van der Waals surface area contributed by atoms with E-state index < -0.39 is 21.7 Å². The van der Waals surface area contributed by atoms with E-state index in [0.29, 0.717) is 0 Å². The third-order valence-corrected chi connectivity index (χ3v) is 3.38. The monoisotopic (exact) mass is 311 g/mol. The lowest BCUT2D eigenvalue weighted by Crippen LogP contribution is -2.34. The SMILES string of the molecule is CS(=O)(=O)O[C@@](O)(c1ccc(F)cc1)c1ccccc1N. The maximum Gasteiger partial charge on any atom is 0.267 e. The summed E-state index contributed by atoms with van der Waals surface area (Å²) in [6.45, 7) is 0. The third-order valence-electron chi connectivity index (χ3n) is 2.83. The number of halogens is 1. The van der Waals surface area contributed by atoms with Gasteiger partial charge < -0.3 is 10.8 Å². The molecule has 21 heavy (non-hydrogen) atoms. The van der Waals surface area contributed by atoms with E-state index in [0.717, 1.165) is 18.4 Å². The lowest BCUT2D eigenvalue weighted by atomic mass is 9.96. The highest BCUT2D eigenvalue weighted by Crippen LogP contribution is 2.35. The highest BCUT2D eigenvalue weighted by atomic mass is 32.2. The minimum Gasteiger partial charge on any atom is -0.398 e. The second-order valence-corrected chi connectivity index (χ2v) is 6.10. The number of rotatable bonds is 4. The molecule has 1 atom stereocenters. The van der Waals surface area contributed by atoms with Gasteiger partial charge in [-0.05, 0) is 18.2 Å². The molecule has 5 nitrogen and oxygen atoms in total. The molecule has 3 N–H and O–H groups in total. The summed E-state index contributed by atoms with van der Waals surface area (Å²) in [7, 11) is -4.00. The van der Waals surface area contributed by atoms with Crippen molar-refractivity contribution in [2.45, 2.75) is 5.79 Å². The Bertz CT molecular complexity index is 746. The Balaban J connectivity index is 2.65. The van der Waals surface area contributed by atoms with Crippen molar-refractivity contribution in [3.05, 3.63) is 65.5 Å². The van der Waals surface area contributed by atoms with Gasteiger partial charge in [-0.2, -0.15) is 8.42 Å². The molecule has 0 saturated carbocycles. The maximum atomic E-state index is 13.0. The van der Waals surface area contributed by atoms with Gasteiger partial charge in [-0.1, -0.05) is 30.3 Å². The second kappa shape index (κ2) is 5.44. The fraction of sp³-hybridized carbons (Fsp3) is 0.143. The number of nitrogens with two attached hydrogens (primary N) is 1. The van der Waals surface area contributed by atoms with Crippen LogP contribution in [0.2, 0.25) is 0 Å². The van der Waals surface area contributed by atoms with Gasteiger partial charge in [0.1, 0.15) is 5.82 Å². The van der Waals surface area contributed by atoms with Crippen LogP contribution in [0.15, 0.2) is 48.5 Å². The predicted octanol–water partition coefficient (Wildman–Crippen LogP) is 1.58. The van der Waals surface area contributed by atoms with Gasteiger partial charge in [-0.15, -0.1) is 0 Å². The number of aliphatic hydroxyl groups is 1. The van der Waals surface area contributed by atoms with Gasteiger partial charge in [-0.25, -0.2) is 8.57 Å². The van der Waals surface area contributed by atoms with Crippen molar-refractivity contribution in [2.75, 3.05) is 12.0 Å². The molecule has 0 bridgehead atoms. The minimum absolute atomic E-state index is 0.0484. The predicted molar refractivity (Wildman–Crippen MR) is 76.2 cm³/mol. The molecule has 0 aliphatic rings. The van der Waals surface area contributed by atoms with Gasteiger partial charge >= 0.3 is 0 Å². The first kappa shape index (κ1) is 15.4. The number of nitrogen functional groups attached to an aromatic ring is 1. The lowest BCUT2D eigenvalue weighted by Gasteiger charge is -2.28. The fourth-order valence-corrected chi connectivity index (χ4v) is 2.57. The van der Waals surface area contributed by atoms with Crippen LogP contribution in [-0.2, 0) is 20.1 Å². The summed E-state index contributed by atoms with van der Waals surface area (Å²) in [6, 6.07) is 10.8. The molecule has 0 heterocycles. The summed E-state index contributed by atoms with van der Waals surface area (Å²) in [4.78, 5) is 0. The highest BCUT2D eigenvalue weighted by molar-refractivity contribution is 7.86. The molecule has 0 aromatic heterocycles. The van der Waals surface area contributed by atoms with Crippen LogP contribution in [0.3, 0.4) is 0 Å². The minimum atomic E-state index is -4.00. The van der Waals surface area contributed by atoms with Crippen LogP contribution in [0.4, 0.5) is 10.1 Å². The van der Waals surface area contributed by atoms with E-state index in [9.17, 15) is 17.9 Å². The van der Waals surface area contributed by atoms with Crippen LogP contribution in [0, 0.1) is 5.82 Å². The van der Waals surface area contributed by atoms with Gasteiger partial charge in [0.25, 0.3) is 10.1 Å². The first-order chi connectivity index (χ1) is 9.72. The largest absolute Gasteiger partial charge is 0.398 e. The van der Waals surface area contributed by atoms with Crippen LogP contribution in [0.25, 0.3) is 0 Å². The van der Waals surface area contributed by atoms with Crippen molar-refractivity contribution in [3.63, 3.8) is 0 Å². The van der Waals surface area contributed by atoms with E-state index >= 15 is 0 Å². The normalized spacial score (nSPS) is 14.6. The number of para-hydroxylation sites is 1. The lowest BCUT2D eigenvalue weighted by molar-refractivity contribution is -0.102. The standard InChI is InChI=1S/C14H14FNO4S/c1-21(18,19)20-14(17,10-6-8-11(15)9-7-10)12-4-2-3-5-13(12)16/h2-9,17H,16H2,1H3/t14-/m0/s1. The first-order valence-corrected chi connectivity index (χ1v) is 7.78. The van der Waals surface area contributed by atoms with Crippen molar-refractivity contribution in [2.24, 2.45) is 0 Å². The van der Waals surface area contributed by atoms with Gasteiger partial charge in [-0.3, -0.25) is 0 Å². The topological polar surface area (TPSA) is 89.6 Å². The van der Waals surface area contributed by atoms with E-state index in [1.807, 2.05) is 0 Å². The summed E-state index contributed by atoms with van der Waals surface area (Å²) in [6.07, 6.45) is 0.806. The molecule has 2 rings (SSSR count). The van der Waals surface area contributed by atoms with Crippen molar-refractivity contribution in [1.29, 1.82) is 0 Å². The summed E-state index contributed by atoms with van der Waals surface area (Å²) in [5, 5.41) is 10.8. The average Bonchev–Trinajstić information content (AvgIpc) is 2.37. The van der Waals surface area contributed by atoms with Crippen LogP contribution in [0.5, 0.6) is 0 Å². The Hall–Kier alpha value is -1.96. The third kappa shape index (κ3) is 3.38. The van der Waals surface area contributed by atoms with E-state index in [-0.39, 0.29) is 16.8 Å². The quantitative estimate of drug-likeness (QED) is 0.508. The average molecular weight is 311 g/mol. The molecule has 0 radical (unpaired) electrons. The number of anilines is 1. The molecule has 0 unspecified atom stereocenters. The van der Waals surface area contributed by atoms with Crippen LogP contribution < -0.4 is 5.73 Å². The zero-order valence-electron chi connectivity index (χ0n) is 11.2. The van der Waals surface area contributed by atoms with E-state index in [1.54, 1.807) is 12.1 Å². The number of hydrogen-bond acceptors (Lipinski definition) is 5. The molecule has 2 aromatic carbocycles. The molecular formula is C14H14FNO4S. The zero-order valence-corrected chi connectivity index (χ0v) is 12.0. The Morgan fingerprint density at radius 2 is 1.71 bits per heavy atom. The maximum absolute atomic E-state index is 13.0. The summed E-state index contributed by atoms with van der Waals surface area (Å²) in [5.74, 6) is -2.85. The van der Waals surface area contributed by atoms with Crippen molar-refractivity contribution in [3.8, 4) is 0 Å². The smallest absolute Gasteiger partial charge is 0.267 e. The first-order valence-electron chi connectivity index (χ1n) is 5.96. The van der Waals surface area contributed by atoms with Gasteiger partial charge in [0, 0.05) is 16.8 Å². The van der Waals surface area contributed by atoms with E-state index in [1.165, 1.54) is 24.3 Å². The molecule has 0 saturated heterocycles. The molecule has 7 heteroatoms. The zero-order chi connectivity index (χ0) is 15.7. The van der Waals surface area contributed by atoms with Crippen molar-refractivity contribution >= 4 is 15.8 Å². The van der Waals surface area contributed by atoms with E-state index in [2.05, 4.69) is 0 Å².